The van der Waals surface area contributed by atoms with E-state index >= 15 is 0 Å². The number of para-hydroxylation sites is 1. The Morgan fingerprint density at radius 2 is 1.84 bits per heavy atom. The Balaban J connectivity index is 1.78. The molecule has 0 saturated heterocycles. The van der Waals surface area contributed by atoms with Crippen LogP contribution in [0.3, 0.4) is 0 Å². The number of hydrogen-bond donors (Lipinski definition) is 1. The van der Waals surface area contributed by atoms with E-state index in [1.807, 2.05) is 24.3 Å². The summed E-state index contributed by atoms with van der Waals surface area (Å²) in [6.45, 7) is 2.12. The standard InChI is InChI=1S/C19H19N3O2S/c1-3-14(13-9-5-4-6-10-13)18-21-22-19(25-18)20-17(23)15-11-7-8-12-16(15)24-2/h4-12,14H,3H2,1-2H3,(H,20,22,23). The van der Waals surface area contributed by atoms with Crippen LogP contribution in [-0.4, -0.2) is 23.2 Å². The summed E-state index contributed by atoms with van der Waals surface area (Å²) in [4.78, 5) is 12.5. The van der Waals surface area contributed by atoms with Gasteiger partial charge in [-0.25, -0.2) is 0 Å². The van der Waals surface area contributed by atoms with Gasteiger partial charge in [-0.3, -0.25) is 10.1 Å². The lowest BCUT2D eigenvalue weighted by molar-refractivity contribution is 0.102. The Bertz CT molecular complexity index is 849. The fourth-order valence-corrected chi connectivity index (χ4v) is 3.61. The van der Waals surface area contributed by atoms with Crippen molar-refractivity contribution in [3.05, 3.63) is 70.7 Å². The van der Waals surface area contributed by atoms with E-state index in [-0.39, 0.29) is 11.8 Å². The predicted octanol–water partition coefficient (Wildman–Crippen LogP) is 4.34. The van der Waals surface area contributed by atoms with Crippen LogP contribution in [0.2, 0.25) is 0 Å². The van der Waals surface area contributed by atoms with Gasteiger partial charge in [0, 0.05) is 5.92 Å². The highest BCUT2D eigenvalue weighted by Crippen LogP contribution is 2.31. The minimum absolute atomic E-state index is 0.176. The van der Waals surface area contributed by atoms with Crippen LogP contribution in [0.15, 0.2) is 54.6 Å². The molecule has 1 unspecified atom stereocenters. The molecule has 1 atom stereocenters. The average Bonchev–Trinajstić information content (AvgIpc) is 3.11. The number of nitrogens with one attached hydrogen (secondary N) is 1. The van der Waals surface area contributed by atoms with E-state index in [1.54, 1.807) is 25.3 Å². The molecule has 3 aromatic rings. The lowest BCUT2D eigenvalue weighted by Gasteiger charge is -2.11. The van der Waals surface area contributed by atoms with E-state index in [2.05, 4.69) is 34.6 Å². The van der Waals surface area contributed by atoms with Gasteiger partial charge >= 0.3 is 0 Å². The zero-order chi connectivity index (χ0) is 17.6. The SMILES string of the molecule is CCC(c1ccccc1)c1nnc(NC(=O)c2ccccc2OC)s1. The molecule has 128 valence electrons. The molecule has 1 heterocycles. The first-order valence-corrected chi connectivity index (χ1v) is 8.87. The molecule has 2 aromatic carbocycles. The van der Waals surface area contributed by atoms with Crippen LogP contribution in [0.25, 0.3) is 0 Å². The smallest absolute Gasteiger partial charge is 0.261 e. The number of amides is 1. The highest BCUT2D eigenvalue weighted by Gasteiger charge is 2.19. The number of aromatic nitrogens is 2. The van der Waals surface area contributed by atoms with Crippen LogP contribution in [0.1, 0.15) is 40.2 Å². The largest absolute Gasteiger partial charge is 0.496 e. The third-order valence-corrected chi connectivity index (χ3v) is 4.87. The van der Waals surface area contributed by atoms with Crippen LogP contribution in [0, 0.1) is 0 Å². The lowest BCUT2D eigenvalue weighted by atomic mass is 9.97. The molecule has 0 aliphatic carbocycles. The van der Waals surface area contributed by atoms with Crippen molar-refractivity contribution in [3.63, 3.8) is 0 Å². The zero-order valence-electron chi connectivity index (χ0n) is 14.1. The van der Waals surface area contributed by atoms with Gasteiger partial charge < -0.3 is 4.74 Å². The molecule has 0 radical (unpaired) electrons. The van der Waals surface area contributed by atoms with Gasteiger partial charge in [0.1, 0.15) is 10.8 Å². The first kappa shape index (κ1) is 17.1. The van der Waals surface area contributed by atoms with Gasteiger partial charge in [0.2, 0.25) is 5.13 Å². The summed E-state index contributed by atoms with van der Waals surface area (Å²) in [6.07, 6.45) is 0.916. The lowest BCUT2D eigenvalue weighted by Crippen LogP contribution is -2.12. The molecule has 25 heavy (non-hydrogen) atoms. The topological polar surface area (TPSA) is 64.1 Å². The molecule has 6 heteroatoms. The number of benzene rings is 2. The number of methoxy groups -OCH3 is 1. The van der Waals surface area contributed by atoms with Crippen molar-refractivity contribution in [2.24, 2.45) is 0 Å². The number of carbonyl (C=O) groups excluding carboxylic acids is 1. The van der Waals surface area contributed by atoms with Gasteiger partial charge in [0.25, 0.3) is 5.91 Å². The fourth-order valence-electron chi connectivity index (χ4n) is 2.66. The van der Waals surface area contributed by atoms with E-state index in [0.717, 1.165) is 11.4 Å². The molecular weight excluding hydrogens is 334 g/mol. The van der Waals surface area contributed by atoms with Gasteiger partial charge in [-0.1, -0.05) is 60.7 Å². The molecular formula is C19H19N3O2S. The summed E-state index contributed by atoms with van der Waals surface area (Å²) in [6, 6.07) is 17.3. The average molecular weight is 353 g/mol. The summed E-state index contributed by atoms with van der Waals surface area (Å²) in [5.41, 5.74) is 1.67. The summed E-state index contributed by atoms with van der Waals surface area (Å²) >= 11 is 1.40. The van der Waals surface area contributed by atoms with Crippen LogP contribution < -0.4 is 10.1 Å². The van der Waals surface area contributed by atoms with Crippen molar-refractivity contribution in [2.45, 2.75) is 19.3 Å². The number of ether oxygens (including phenoxy) is 1. The minimum atomic E-state index is -0.257. The number of nitrogens with zero attached hydrogens (tertiary/aromatic N) is 2. The monoisotopic (exact) mass is 353 g/mol. The van der Waals surface area contributed by atoms with E-state index in [0.29, 0.717) is 16.4 Å². The van der Waals surface area contributed by atoms with Crippen molar-refractivity contribution in [2.75, 3.05) is 12.4 Å². The highest BCUT2D eigenvalue weighted by atomic mass is 32.1. The maximum atomic E-state index is 12.5. The normalized spacial score (nSPS) is 11.8. The van der Waals surface area contributed by atoms with Crippen LogP contribution >= 0.6 is 11.3 Å². The molecule has 5 nitrogen and oxygen atoms in total. The van der Waals surface area contributed by atoms with Crippen molar-refractivity contribution in [3.8, 4) is 5.75 Å². The first-order chi connectivity index (χ1) is 12.2. The quantitative estimate of drug-likeness (QED) is 0.716. The van der Waals surface area contributed by atoms with E-state index in [9.17, 15) is 4.79 Å². The van der Waals surface area contributed by atoms with E-state index < -0.39 is 0 Å². The van der Waals surface area contributed by atoms with Gasteiger partial charge in [0.15, 0.2) is 0 Å². The molecule has 0 saturated carbocycles. The predicted molar refractivity (Wildman–Crippen MR) is 99.4 cm³/mol. The molecule has 0 bridgehead atoms. The second kappa shape index (κ2) is 7.90. The Labute approximate surface area is 150 Å². The van der Waals surface area contributed by atoms with Crippen molar-refractivity contribution in [1.29, 1.82) is 0 Å². The molecule has 0 aliphatic heterocycles. The minimum Gasteiger partial charge on any atom is -0.496 e. The Hall–Kier alpha value is -2.73. The number of hydrogen-bond acceptors (Lipinski definition) is 5. The van der Waals surface area contributed by atoms with Gasteiger partial charge in [-0.05, 0) is 24.1 Å². The second-order valence-corrected chi connectivity index (χ2v) is 6.48. The summed E-state index contributed by atoms with van der Waals surface area (Å²) in [5, 5.41) is 12.6. The third-order valence-electron chi connectivity index (χ3n) is 3.92. The summed E-state index contributed by atoms with van der Waals surface area (Å²) in [7, 11) is 1.54. The molecule has 1 aromatic heterocycles. The maximum Gasteiger partial charge on any atom is 0.261 e. The summed E-state index contributed by atoms with van der Waals surface area (Å²) in [5.74, 6) is 0.448. The first-order valence-electron chi connectivity index (χ1n) is 8.05. The highest BCUT2D eigenvalue weighted by molar-refractivity contribution is 7.15. The number of anilines is 1. The van der Waals surface area contributed by atoms with E-state index in [1.165, 1.54) is 16.9 Å². The molecule has 0 aliphatic rings. The van der Waals surface area contributed by atoms with Crippen molar-refractivity contribution < 1.29 is 9.53 Å². The Morgan fingerprint density at radius 1 is 1.12 bits per heavy atom. The maximum absolute atomic E-state index is 12.5. The molecule has 3 rings (SSSR count). The molecule has 1 N–H and O–H groups in total. The van der Waals surface area contributed by atoms with Gasteiger partial charge in [0.05, 0.1) is 12.7 Å². The zero-order valence-corrected chi connectivity index (χ0v) is 14.9. The van der Waals surface area contributed by atoms with Gasteiger partial charge in [-0.2, -0.15) is 0 Å². The second-order valence-electron chi connectivity index (χ2n) is 5.47. The van der Waals surface area contributed by atoms with E-state index in [4.69, 9.17) is 4.74 Å². The fraction of sp³-hybridized carbons (Fsp3) is 0.211. The molecule has 0 fully saturated rings. The van der Waals surface area contributed by atoms with Crippen LogP contribution in [0.4, 0.5) is 5.13 Å². The number of carbonyl (C=O) groups is 1. The van der Waals surface area contributed by atoms with Crippen molar-refractivity contribution >= 4 is 22.4 Å². The molecule has 0 spiro atoms. The Kier molecular flexibility index (Phi) is 5.40. The van der Waals surface area contributed by atoms with Crippen LogP contribution in [0.5, 0.6) is 5.75 Å². The molecule has 1 amide bonds. The van der Waals surface area contributed by atoms with Crippen molar-refractivity contribution in [1.82, 2.24) is 10.2 Å². The third kappa shape index (κ3) is 3.85. The Morgan fingerprint density at radius 3 is 2.56 bits per heavy atom. The number of rotatable bonds is 6. The van der Waals surface area contributed by atoms with Gasteiger partial charge in [-0.15, -0.1) is 10.2 Å². The van der Waals surface area contributed by atoms with Crippen LogP contribution in [-0.2, 0) is 0 Å². The summed E-state index contributed by atoms with van der Waals surface area (Å²) < 4.78 is 5.23.